The van der Waals surface area contributed by atoms with Crippen molar-refractivity contribution in [2.45, 2.75) is 46.4 Å². The first-order valence-electron chi connectivity index (χ1n) is 4.34. The van der Waals surface area contributed by atoms with Crippen molar-refractivity contribution in [3.05, 3.63) is 0 Å². The van der Waals surface area contributed by atoms with Crippen molar-refractivity contribution in [2.75, 3.05) is 0 Å². The van der Waals surface area contributed by atoms with Crippen LogP contribution in [0.4, 0.5) is 17.6 Å². The molecule has 0 heterocycles. The Bertz CT molecular complexity index is 132. The fraction of sp³-hybridized carbons (Fsp3) is 1.00. The molecule has 0 fully saturated rings. The van der Waals surface area contributed by atoms with E-state index in [0.29, 0.717) is 25.7 Å². The molecule has 86 valence electrons. The van der Waals surface area contributed by atoms with Crippen molar-refractivity contribution in [2.24, 2.45) is 0 Å². The summed E-state index contributed by atoms with van der Waals surface area (Å²) >= 11 is 2.19. The van der Waals surface area contributed by atoms with E-state index in [1.54, 1.807) is 0 Å². The Balaban J connectivity index is 3.23. The molecular formula is C8H12F4I2. The molecule has 0 aromatic rings. The summed E-state index contributed by atoms with van der Waals surface area (Å²) in [5.74, 6) is 0. The molecule has 0 radical (unpaired) electrons. The van der Waals surface area contributed by atoms with Crippen LogP contribution in [-0.4, -0.2) is 7.86 Å². The van der Waals surface area contributed by atoms with Crippen LogP contribution < -0.4 is 0 Å². The number of alkyl halides is 6. The molecule has 0 spiro atoms. The molecule has 0 saturated heterocycles. The Morgan fingerprint density at radius 2 is 0.929 bits per heavy atom. The lowest BCUT2D eigenvalue weighted by Gasteiger charge is -2.09. The quantitative estimate of drug-likeness (QED) is 0.217. The van der Waals surface area contributed by atoms with Crippen LogP contribution in [0.15, 0.2) is 0 Å². The van der Waals surface area contributed by atoms with E-state index in [-0.39, 0.29) is 12.8 Å². The van der Waals surface area contributed by atoms with Gasteiger partial charge < -0.3 is 0 Å². The third kappa shape index (κ3) is 13.2. The second kappa shape index (κ2) is 6.70. The highest BCUT2D eigenvalue weighted by atomic mass is 127. The molecule has 14 heavy (non-hydrogen) atoms. The molecule has 0 aromatic heterocycles. The molecule has 0 rings (SSSR count). The van der Waals surface area contributed by atoms with E-state index in [1.807, 2.05) is 0 Å². The van der Waals surface area contributed by atoms with Crippen molar-refractivity contribution in [1.29, 1.82) is 0 Å². The van der Waals surface area contributed by atoms with Gasteiger partial charge in [-0.2, -0.15) is 17.6 Å². The molecule has 0 aromatic carbocycles. The maximum Gasteiger partial charge on any atom is 0.296 e. The van der Waals surface area contributed by atoms with Gasteiger partial charge in [0.25, 0.3) is 7.86 Å². The lowest BCUT2D eigenvalue weighted by molar-refractivity contribution is 0.107. The van der Waals surface area contributed by atoms with E-state index in [4.69, 9.17) is 0 Å². The monoisotopic (exact) mass is 438 g/mol. The van der Waals surface area contributed by atoms with Crippen molar-refractivity contribution in [1.82, 2.24) is 0 Å². The number of rotatable bonds is 7. The highest BCUT2D eigenvalue weighted by Gasteiger charge is 2.23. The van der Waals surface area contributed by atoms with E-state index in [2.05, 4.69) is 0 Å². The minimum Gasteiger partial charge on any atom is -0.195 e. The summed E-state index contributed by atoms with van der Waals surface area (Å²) in [7, 11) is 0. The van der Waals surface area contributed by atoms with Gasteiger partial charge in [-0.25, -0.2) is 0 Å². The smallest absolute Gasteiger partial charge is 0.195 e. The van der Waals surface area contributed by atoms with Gasteiger partial charge in [-0.15, -0.1) is 0 Å². The molecule has 0 aliphatic carbocycles. The summed E-state index contributed by atoms with van der Waals surface area (Å²) in [6, 6.07) is 0. The van der Waals surface area contributed by atoms with Crippen LogP contribution >= 0.6 is 45.2 Å². The van der Waals surface area contributed by atoms with Crippen LogP contribution in [0.3, 0.4) is 0 Å². The van der Waals surface area contributed by atoms with Gasteiger partial charge in [-0.05, 0) is 58.0 Å². The zero-order chi connectivity index (χ0) is 11.2. The SMILES string of the molecule is FC(F)(I)CCCCCCC(F)(F)I. The molecule has 0 aliphatic rings. The highest BCUT2D eigenvalue weighted by molar-refractivity contribution is 14.1. The second-order valence-electron chi connectivity index (χ2n) is 3.14. The minimum absolute atomic E-state index is 0.159. The van der Waals surface area contributed by atoms with Crippen LogP contribution in [-0.2, 0) is 0 Å². The third-order valence-electron chi connectivity index (χ3n) is 1.67. The molecule has 0 nitrogen and oxygen atoms in total. The molecule has 6 heteroatoms. The van der Waals surface area contributed by atoms with Gasteiger partial charge in [0.05, 0.1) is 0 Å². The van der Waals surface area contributed by atoms with E-state index >= 15 is 0 Å². The molecule has 0 atom stereocenters. The first-order valence-corrected chi connectivity index (χ1v) is 6.50. The number of hydrogen-bond acceptors (Lipinski definition) is 0. The van der Waals surface area contributed by atoms with Crippen molar-refractivity contribution >= 4 is 45.2 Å². The molecular weight excluding hydrogens is 426 g/mol. The number of unbranched alkanes of at least 4 members (excludes halogenated alkanes) is 3. The summed E-state index contributed by atoms with van der Waals surface area (Å²) < 4.78 is 43.8. The minimum atomic E-state index is -2.65. The first kappa shape index (κ1) is 15.2. The normalized spacial score (nSPS) is 13.3. The molecule has 0 saturated carbocycles. The van der Waals surface area contributed by atoms with Gasteiger partial charge in [-0.3, -0.25) is 0 Å². The van der Waals surface area contributed by atoms with Gasteiger partial charge in [-0.1, -0.05) is 12.8 Å². The third-order valence-corrected chi connectivity index (χ3v) is 2.75. The Labute approximate surface area is 108 Å². The average Bonchev–Trinajstić information content (AvgIpc) is 1.92. The zero-order valence-corrected chi connectivity index (χ0v) is 11.8. The molecule has 0 unspecified atom stereocenters. The second-order valence-corrected chi connectivity index (χ2v) is 6.30. The van der Waals surface area contributed by atoms with Crippen LogP contribution in [0, 0.1) is 0 Å². The Morgan fingerprint density at radius 3 is 1.14 bits per heavy atom. The van der Waals surface area contributed by atoms with E-state index in [0.717, 1.165) is 45.2 Å². The van der Waals surface area contributed by atoms with E-state index < -0.39 is 7.86 Å². The van der Waals surface area contributed by atoms with Crippen molar-refractivity contribution < 1.29 is 17.6 Å². The van der Waals surface area contributed by atoms with Gasteiger partial charge in [0.1, 0.15) is 0 Å². The predicted molar refractivity (Wildman–Crippen MR) is 65.6 cm³/mol. The summed E-state index contributed by atoms with van der Waals surface area (Å²) in [5.41, 5.74) is 0. The van der Waals surface area contributed by atoms with E-state index in [1.165, 1.54) is 0 Å². The van der Waals surface area contributed by atoms with Crippen LogP contribution in [0.25, 0.3) is 0 Å². The summed E-state index contributed by atoms with van der Waals surface area (Å²) in [4.78, 5) is 0. The number of halogens is 6. The standard InChI is InChI=1S/C8H12F4I2/c9-7(10,13)5-3-1-2-4-6-8(11,12)14/h1-6H2. The van der Waals surface area contributed by atoms with Gasteiger partial charge >= 0.3 is 0 Å². The number of hydrogen-bond donors (Lipinski definition) is 0. The van der Waals surface area contributed by atoms with Crippen molar-refractivity contribution in [3.63, 3.8) is 0 Å². The van der Waals surface area contributed by atoms with E-state index in [9.17, 15) is 17.6 Å². The van der Waals surface area contributed by atoms with Crippen LogP contribution in [0.5, 0.6) is 0 Å². The zero-order valence-electron chi connectivity index (χ0n) is 7.51. The molecule has 0 N–H and O–H groups in total. The molecule has 0 aliphatic heterocycles. The Hall–Kier alpha value is 1.18. The summed E-state index contributed by atoms with van der Waals surface area (Å²) in [6.45, 7) is 0. The maximum absolute atomic E-state index is 12.3. The first-order chi connectivity index (χ1) is 6.21. The van der Waals surface area contributed by atoms with Crippen molar-refractivity contribution in [3.8, 4) is 0 Å². The van der Waals surface area contributed by atoms with Gasteiger partial charge in [0.15, 0.2) is 0 Å². The average molecular weight is 438 g/mol. The Morgan fingerprint density at radius 1 is 0.643 bits per heavy atom. The lowest BCUT2D eigenvalue weighted by atomic mass is 10.1. The highest BCUT2D eigenvalue weighted by Crippen LogP contribution is 2.31. The fourth-order valence-electron chi connectivity index (χ4n) is 1.00. The summed E-state index contributed by atoms with van der Waals surface area (Å²) in [5, 5.41) is 0. The molecule has 0 bridgehead atoms. The molecule has 0 amide bonds. The largest absolute Gasteiger partial charge is 0.296 e. The Kier molecular flexibility index (Phi) is 7.26. The lowest BCUT2D eigenvalue weighted by Crippen LogP contribution is -2.05. The summed E-state index contributed by atoms with van der Waals surface area (Å²) in [6.07, 6.45) is 1.70. The van der Waals surface area contributed by atoms with Gasteiger partial charge in [0.2, 0.25) is 0 Å². The van der Waals surface area contributed by atoms with Gasteiger partial charge in [0, 0.05) is 12.8 Å². The maximum atomic E-state index is 12.3. The van der Waals surface area contributed by atoms with Crippen LogP contribution in [0.1, 0.15) is 38.5 Å². The topological polar surface area (TPSA) is 0 Å². The predicted octanol–water partition coefficient (Wildman–Crippen LogP) is 5.38. The van der Waals surface area contributed by atoms with Crippen LogP contribution in [0.2, 0.25) is 0 Å². The fourth-order valence-corrected chi connectivity index (χ4v) is 1.77.